The van der Waals surface area contributed by atoms with Crippen molar-refractivity contribution in [2.45, 2.75) is 38.0 Å². The number of nitrogens with zero attached hydrogens (tertiary/aromatic N) is 1. The third-order valence-corrected chi connectivity index (χ3v) is 4.57. The lowest BCUT2D eigenvalue weighted by atomic mass is 9.81. The maximum Gasteiger partial charge on any atom is 0.249 e. The highest BCUT2D eigenvalue weighted by molar-refractivity contribution is 5.96. The van der Waals surface area contributed by atoms with Gasteiger partial charge in [0.05, 0.1) is 5.69 Å². The predicted octanol–water partition coefficient (Wildman–Crippen LogP) is 3.93. The molecule has 1 aliphatic heterocycles. The van der Waals surface area contributed by atoms with Gasteiger partial charge in [-0.2, -0.15) is 5.06 Å². The fraction of sp³-hybridized carbons (Fsp3) is 0.389. The lowest BCUT2D eigenvalue weighted by Crippen LogP contribution is -2.27. The standard InChI is InChI=1S/C18H20F2N2O2/c19-18(20)8-6-13(7-9-18)12-15-14(17(21)23)4-3-5-16(15)22-10-1-2-11-24-22/h1-5,10-11,13H,6-9,12H2,(H2,21,23). The van der Waals surface area contributed by atoms with Gasteiger partial charge in [-0.1, -0.05) is 6.07 Å². The van der Waals surface area contributed by atoms with E-state index in [2.05, 4.69) is 0 Å². The Morgan fingerprint density at radius 3 is 2.67 bits per heavy atom. The molecule has 2 aliphatic rings. The van der Waals surface area contributed by atoms with Crippen LogP contribution in [0.2, 0.25) is 0 Å². The van der Waals surface area contributed by atoms with Crippen molar-refractivity contribution in [3.63, 3.8) is 0 Å². The molecule has 6 heteroatoms. The molecule has 0 spiro atoms. The van der Waals surface area contributed by atoms with Gasteiger partial charge in [-0.3, -0.25) is 4.79 Å². The van der Waals surface area contributed by atoms with E-state index in [0.29, 0.717) is 30.5 Å². The second kappa shape index (κ2) is 6.63. The molecule has 1 amide bonds. The van der Waals surface area contributed by atoms with Gasteiger partial charge < -0.3 is 10.6 Å². The largest absolute Gasteiger partial charge is 0.383 e. The summed E-state index contributed by atoms with van der Waals surface area (Å²) in [6.07, 6.45) is 8.03. The molecule has 1 aliphatic carbocycles. The van der Waals surface area contributed by atoms with Crippen LogP contribution in [0.1, 0.15) is 41.6 Å². The van der Waals surface area contributed by atoms with Crippen LogP contribution in [0.15, 0.2) is 42.8 Å². The van der Waals surface area contributed by atoms with Crippen molar-refractivity contribution in [1.82, 2.24) is 0 Å². The number of alkyl halides is 2. The molecule has 1 heterocycles. The zero-order valence-corrected chi connectivity index (χ0v) is 13.3. The Morgan fingerprint density at radius 1 is 1.29 bits per heavy atom. The summed E-state index contributed by atoms with van der Waals surface area (Å²) >= 11 is 0. The fourth-order valence-electron chi connectivity index (χ4n) is 3.27. The summed E-state index contributed by atoms with van der Waals surface area (Å²) in [5, 5.41) is 1.55. The maximum absolute atomic E-state index is 13.4. The van der Waals surface area contributed by atoms with Crippen molar-refractivity contribution in [2.24, 2.45) is 11.7 Å². The van der Waals surface area contributed by atoms with Crippen LogP contribution >= 0.6 is 0 Å². The Bertz CT molecular complexity index is 676. The molecule has 4 nitrogen and oxygen atoms in total. The van der Waals surface area contributed by atoms with E-state index >= 15 is 0 Å². The first-order chi connectivity index (χ1) is 11.5. The first kappa shape index (κ1) is 16.5. The van der Waals surface area contributed by atoms with Crippen molar-refractivity contribution >= 4 is 11.6 Å². The van der Waals surface area contributed by atoms with Gasteiger partial charge in [0.15, 0.2) is 0 Å². The molecular weight excluding hydrogens is 314 g/mol. The number of carbonyl (C=O) groups excluding carboxylic acids is 1. The lowest BCUT2D eigenvalue weighted by Gasteiger charge is -2.30. The molecule has 3 rings (SSSR count). The summed E-state index contributed by atoms with van der Waals surface area (Å²) in [6.45, 7) is 0. The molecule has 1 saturated carbocycles. The Morgan fingerprint density at radius 2 is 2.04 bits per heavy atom. The summed E-state index contributed by atoms with van der Waals surface area (Å²) in [7, 11) is 0. The van der Waals surface area contributed by atoms with Crippen LogP contribution in [0.25, 0.3) is 0 Å². The second-order valence-corrected chi connectivity index (χ2v) is 6.27. The van der Waals surface area contributed by atoms with Gasteiger partial charge in [-0.15, -0.1) is 0 Å². The number of primary amides is 1. The molecule has 0 atom stereocenters. The number of hydroxylamine groups is 1. The highest BCUT2D eigenvalue weighted by Gasteiger charge is 2.35. The van der Waals surface area contributed by atoms with Crippen LogP contribution in [0.3, 0.4) is 0 Å². The van der Waals surface area contributed by atoms with Gasteiger partial charge in [-0.25, -0.2) is 8.78 Å². The number of halogens is 2. The minimum atomic E-state index is -2.56. The molecule has 0 saturated heterocycles. The molecular formula is C18H20F2N2O2. The predicted molar refractivity (Wildman–Crippen MR) is 87.4 cm³/mol. The third-order valence-electron chi connectivity index (χ3n) is 4.57. The number of rotatable bonds is 4. The number of hydrogen-bond donors (Lipinski definition) is 1. The van der Waals surface area contributed by atoms with E-state index in [1.807, 2.05) is 12.1 Å². The van der Waals surface area contributed by atoms with Crippen molar-refractivity contribution in [3.05, 3.63) is 53.9 Å². The van der Waals surface area contributed by atoms with Crippen LogP contribution in [0, 0.1) is 5.92 Å². The van der Waals surface area contributed by atoms with Gasteiger partial charge in [0.1, 0.15) is 6.26 Å². The second-order valence-electron chi connectivity index (χ2n) is 6.27. The molecule has 0 radical (unpaired) electrons. The molecule has 0 aromatic heterocycles. The van der Waals surface area contributed by atoms with Crippen molar-refractivity contribution in [2.75, 3.05) is 5.06 Å². The number of carbonyl (C=O) groups is 1. The zero-order valence-electron chi connectivity index (χ0n) is 13.3. The van der Waals surface area contributed by atoms with Gasteiger partial charge >= 0.3 is 0 Å². The van der Waals surface area contributed by atoms with Crippen molar-refractivity contribution in [1.29, 1.82) is 0 Å². The van der Waals surface area contributed by atoms with E-state index in [4.69, 9.17) is 10.6 Å². The average molecular weight is 334 g/mol. The van der Waals surface area contributed by atoms with E-state index in [9.17, 15) is 13.6 Å². The topological polar surface area (TPSA) is 55.6 Å². The van der Waals surface area contributed by atoms with Gasteiger partial charge in [0.2, 0.25) is 11.8 Å². The van der Waals surface area contributed by atoms with Gasteiger partial charge in [0.25, 0.3) is 0 Å². The first-order valence-corrected chi connectivity index (χ1v) is 8.05. The molecule has 1 aromatic carbocycles. The molecule has 128 valence electrons. The van der Waals surface area contributed by atoms with Crippen LogP contribution in [-0.4, -0.2) is 11.8 Å². The molecule has 0 bridgehead atoms. The number of benzene rings is 1. The monoisotopic (exact) mass is 334 g/mol. The van der Waals surface area contributed by atoms with Crippen LogP contribution in [0.5, 0.6) is 0 Å². The summed E-state index contributed by atoms with van der Waals surface area (Å²) in [4.78, 5) is 17.3. The molecule has 2 N–H and O–H groups in total. The van der Waals surface area contributed by atoms with Gasteiger partial charge in [-0.05, 0) is 55.0 Å². The van der Waals surface area contributed by atoms with E-state index < -0.39 is 11.8 Å². The molecule has 1 aromatic rings. The third kappa shape index (κ3) is 3.58. The number of hydrogen-bond acceptors (Lipinski definition) is 3. The van der Waals surface area contributed by atoms with E-state index in [-0.39, 0.29) is 18.8 Å². The summed E-state index contributed by atoms with van der Waals surface area (Å²) in [5.74, 6) is -2.98. The highest BCUT2D eigenvalue weighted by atomic mass is 19.3. The molecule has 24 heavy (non-hydrogen) atoms. The Balaban J connectivity index is 1.88. The normalized spacial score (nSPS) is 20.0. The molecule has 1 fully saturated rings. The summed E-state index contributed by atoms with van der Waals surface area (Å²) in [5.41, 5.74) is 7.39. The smallest absolute Gasteiger partial charge is 0.249 e. The summed E-state index contributed by atoms with van der Waals surface area (Å²) in [6, 6.07) is 5.24. The van der Waals surface area contributed by atoms with Crippen LogP contribution in [-0.2, 0) is 11.3 Å². The first-order valence-electron chi connectivity index (χ1n) is 8.05. The average Bonchev–Trinajstić information content (AvgIpc) is 2.57. The fourth-order valence-corrected chi connectivity index (χ4v) is 3.27. The molecule has 0 unspecified atom stereocenters. The number of amides is 1. The highest BCUT2D eigenvalue weighted by Crippen LogP contribution is 2.39. The van der Waals surface area contributed by atoms with Crippen molar-refractivity contribution in [3.8, 4) is 0 Å². The Hall–Kier alpha value is -2.37. The van der Waals surface area contributed by atoms with E-state index in [1.54, 1.807) is 29.5 Å². The minimum Gasteiger partial charge on any atom is -0.383 e. The maximum atomic E-state index is 13.4. The number of allylic oxidation sites excluding steroid dienone is 2. The minimum absolute atomic E-state index is 0.103. The van der Waals surface area contributed by atoms with Crippen LogP contribution in [0.4, 0.5) is 14.5 Å². The number of nitrogens with two attached hydrogens (primary N) is 1. The zero-order chi connectivity index (χ0) is 17.2. The quantitative estimate of drug-likeness (QED) is 0.907. The Kier molecular flexibility index (Phi) is 4.55. The van der Waals surface area contributed by atoms with Crippen LogP contribution < -0.4 is 10.8 Å². The van der Waals surface area contributed by atoms with Crippen molar-refractivity contribution < 1.29 is 18.4 Å². The number of anilines is 1. The Labute approximate surface area is 139 Å². The SMILES string of the molecule is NC(=O)c1cccc(N2C=CC=CO2)c1CC1CCC(F)(F)CC1. The van der Waals surface area contributed by atoms with Gasteiger partial charge in [0, 0.05) is 24.6 Å². The lowest BCUT2D eigenvalue weighted by molar-refractivity contribution is -0.0456. The van der Waals surface area contributed by atoms with E-state index in [1.165, 1.54) is 6.26 Å². The summed E-state index contributed by atoms with van der Waals surface area (Å²) < 4.78 is 26.8. The van der Waals surface area contributed by atoms with E-state index in [0.717, 1.165) is 5.56 Å².